The van der Waals surface area contributed by atoms with Crippen molar-refractivity contribution in [3.8, 4) is 0 Å². The first-order chi connectivity index (χ1) is 11.4. The lowest BCUT2D eigenvalue weighted by Gasteiger charge is -2.28. The Bertz CT molecular complexity index is 890. The Balaban J connectivity index is 2.01. The fraction of sp³-hybridized carbons (Fsp3) is 0.118. The lowest BCUT2D eigenvalue weighted by molar-refractivity contribution is 0.0983. The van der Waals surface area contributed by atoms with Crippen molar-refractivity contribution in [2.24, 2.45) is 0 Å². The van der Waals surface area contributed by atoms with Crippen LogP contribution in [-0.2, 0) is 9.84 Å². The van der Waals surface area contributed by atoms with Crippen molar-refractivity contribution >= 4 is 44.6 Å². The first-order valence-corrected chi connectivity index (χ1v) is 9.58. The lowest BCUT2D eigenvalue weighted by atomic mass is 10.1. The van der Waals surface area contributed by atoms with Crippen LogP contribution in [0.3, 0.4) is 0 Å². The molecule has 0 aliphatic carbocycles. The smallest absolute Gasteiger partial charge is 0.258 e. The van der Waals surface area contributed by atoms with Gasteiger partial charge in [-0.15, -0.1) is 0 Å². The first kappa shape index (κ1) is 17.0. The number of nitrogens with zero attached hydrogens (tertiary/aromatic N) is 1. The van der Waals surface area contributed by atoms with Crippen LogP contribution in [0.2, 0.25) is 10.0 Å². The molecule has 7 heteroatoms. The van der Waals surface area contributed by atoms with E-state index in [9.17, 15) is 13.2 Å². The molecule has 124 valence electrons. The summed E-state index contributed by atoms with van der Waals surface area (Å²) in [5, 5.41) is 2.20. The van der Waals surface area contributed by atoms with Gasteiger partial charge in [-0.05, 0) is 54.6 Å². The lowest BCUT2D eigenvalue weighted by Crippen LogP contribution is -2.41. The molecule has 24 heavy (non-hydrogen) atoms. The fourth-order valence-electron chi connectivity index (χ4n) is 2.51. The van der Waals surface area contributed by atoms with Crippen molar-refractivity contribution in [2.75, 3.05) is 10.7 Å². The summed E-state index contributed by atoms with van der Waals surface area (Å²) in [7, 11) is -3.30. The van der Waals surface area contributed by atoms with E-state index in [0.717, 1.165) is 5.41 Å². The van der Waals surface area contributed by atoms with Crippen LogP contribution in [0.5, 0.6) is 0 Å². The van der Waals surface area contributed by atoms with Gasteiger partial charge >= 0.3 is 0 Å². The Morgan fingerprint density at radius 2 is 1.50 bits per heavy atom. The van der Waals surface area contributed by atoms with E-state index in [1.165, 1.54) is 11.0 Å². The summed E-state index contributed by atoms with van der Waals surface area (Å²) in [5.41, 5.74) is 0.998. The molecule has 0 fully saturated rings. The third-order valence-corrected chi connectivity index (χ3v) is 5.54. The van der Waals surface area contributed by atoms with Crippen LogP contribution in [-0.4, -0.2) is 26.1 Å². The highest BCUT2D eigenvalue weighted by molar-refractivity contribution is 7.94. The maximum Gasteiger partial charge on any atom is 0.258 e. The molecule has 2 aromatic carbocycles. The Morgan fingerprint density at radius 1 is 0.958 bits per heavy atom. The molecule has 4 nitrogen and oxygen atoms in total. The molecule has 0 saturated heterocycles. The van der Waals surface area contributed by atoms with E-state index in [4.69, 9.17) is 23.2 Å². The monoisotopic (exact) mass is 381 g/mol. The van der Waals surface area contributed by atoms with Gasteiger partial charge in [0, 0.05) is 26.7 Å². The molecule has 1 atom stereocenters. The Labute approximate surface area is 150 Å². The maximum atomic E-state index is 13.0. The van der Waals surface area contributed by atoms with Crippen molar-refractivity contribution < 1.29 is 13.2 Å². The molecule has 0 saturated carbocycles. The highest BCUT2D eigenvalue weighted by Gasteiger charge is 2.31. The molecule has 1 aliphatic rings. The first-order valence-electron chi connectivity index (χ1n) is 7.11. The Kier molecular flexibility index (Phi) is 4.67. The second-order valence-electron chi connectivity index (χ2n) is 5.38. The van der Waals surface area contributed by atoms with Crippen LogP contribution >= 0.6 is 23.2 Å². The van der Waals surface area contributed by atoms with Crippen LogP contribution in [0.25, 0.3) is 0 Å². The largest absolute Gasteiger partial charge is 0.300 e. The van der Waals surface area contributed by atoms with Crippen LogP contribution in [0, 0.1) is 0 Å². The summed E-state index contributed by atoms with van der Waals surface area (Å²) < 4.78 is 23.5. The zero-order valence-corrected chi connectivity index (χ0v) is 14.7. The van der Waals surface area contributed by atoms with Crippen molar-refractivity contribution in [3.63, 3.8) is 0 Å². The molecule has 1 aliphatic heterocycles. The number of anilines is 1. The van der Waals surface area contributed by atoms with E-state index < -0.39 is 15.9 Å². The van der Waals surface area contributed by atoms with Crippen molar-refractivity contribution in [2.45, 2.75) is 6.04 Å². The second kappa shape index (κ2) is 6.59. The molecule has 0 bridgehead atoms. The van der Waals surface area contributed by atoms with E-state index in [-0.39, 0.29) is 11.7 Å². The highest BCUT2D eigenvalue weighted by atomic mass is 35.5. The average Bonchev–Trinajstić information content (AvgIpc) is 2.90. The summed E-state index contributed by atoms with van der Waals surface area (Å²) >= 11 is 11.8. The molecule has 1 amide bonds. The molecule has 1 unspecified atom stereocenters. The van der Waals surface area contributed by atoms with Gasteiger partial charge in [-0.25, -0.2) is 8.42 Å². The summed E-state index contributed by atoms with van der Waals surface area (Å²) in [6.45, 7) is 0. The number of carbonyl (C=O) groups is 1. The van der Waals surface area contributed by atoms with E-state index >= 15 is 0 Å². The number of rotatable bonds is 3. The van der Waals surface area contributed by atoms with Gasteiger partial charge in [0.25, 0.3) is 5.91 Å². The van der Waals surface area contributed by atoms with Gasteiger partial charge in [-0.2, -0.15) is 0 Å². The predicted octanol–water partition coefficient (Wildman–Crippen LogP) is 3.95. The molecule has 0 radical (unpaired) electrons. The minimum Gasteiger partial charge on any atom is -0.300 e. The number of hydrogen-bond acceptors (Lipinski definition) is 3. The van der Waals surface area contributed by atoms with Crippen molar-refractivity contribution in [1.29, 1.82) is 0 Å². The van der Waals surface area contributed by atoms with E-state index in [1.54, 1.807) is 48.5 Å². The highest BCUT2D eigenvalue weighted by Crippen LogP contribution is 2.26. The zero-order chi connectivity index (χ0) is 17.3. The van der Waals surface area contributed by atoms with Gasteiger partial charge in [0.05, 0.1) is 11.8 Å². The van der Waals surface area contributed by atoms with Crippen LogP contribution in [0.15, 0.2) is 60.0 Å². The van der Waals surface area contributed by atoms with Gasteiger partial charge < -0.3 is 4.90 Å². The van der Waals surface area contributed by atoms with Crippen molar-refractivity contribution in [3.05, 3.63) is 75.6 Å². The molecule has 1 heterocycles. The molecular formula is C17H13Cl2NO3S. The average molecular weight is 382 g/mol. The minimum absolute atomic E-state index is 0.144. The van der Waals surface area contributed by atoms with Gasteiger partial charge in [0.1, 0.15) is 0 Å². The van der Waals surface area contributed by atoms with Gasteiger partial charge in [-0.1, -0.05) is 23.2 Å². The molecule has 0 aromatic heterocycles. The molecule has 2 aromatic rings. The normalized spacial score (nSPS) is 18.5. The number of halogens is 2. The Hall–Kier alpha value is -1.82. The van der Waals surface area contributed by atoms with Crippen LogP contribution < -0.4 is 4.90 Å². The van der Waals surface area contributed by atoms with E-state index in [0.29, 0.717) is 21.3 Å². The number of sulfone groups is 1. The number of amides is 1. The Morgan fingerprint density at radius 3 is 2.00 bits per heavy atom. The minimum atomic E-state index is -3.30. The van der Waals surface area contributed by atoms with Crippen LogP contribution in [0.1, 0.15) is 10.4 Å². The third kappa shape index (κ3) is 3.64. The van der Waals surface area contributed by atoms with Gasteiger partial charge in [-0.3, -0.25) is 4.79 Å². The number of hydrogen-bond donors (Lipinski definition) is 0. The van der Waals surface area contributed by atoms with E-state index in [1.807, 2.05) is 0 Å². The maximum absolute atomic E-state index is 13.0. The van der Waals surface area contributed by atoms with E-state index in [2.05, 4.69) is 0 Å². The number of carbonyl (C=O) groups excluding carboxylic acids is 1. The topological polar surface area (TPSA) is 54.5 Å². The third-order valence-electron chi connectivity index (χ3n) is 3.66. The SMILES string of the molecule is O=C(c1ccc(Cl)cc1)N(c1ccc(Cl)cc1)C1C=CS(=O)(=O)C1. The molecule has 0 N–H and O–H groups in total. The fourth-order valence-corrected chi connectivity index (χ4v) is 4.03. The molecule has 3 rings (SSSR count). The van der Waals surface area contributed by atoms with Crippen molar-refractivity contribution in [1.82, 2.24) is 0 Å². The molecule has 0 spiro atoms. The zero-order valence-electron chi connectivity index (χ0n) is 12.4. The summed E-state index contributed by atoms with van der Waals surface area (Å²) in [5.74, 6) is -0.449. The summed E-state index contributed by atoms with van der Waals surface area (Å²) in [6, 6.07) is 12.6. The predicted molar refractivity (Wildman–Crippen MR) is 96.4 cm³/mol. The van der Waals surface area contributed by atoms with Crippen LogP contribution in [0.4, 0.5) is 5.69 Å². The van der Waals surface area contributed by atoms with Gasteiger partial charge in [0.2, 0.25) is 0 Å². The summed E-state index contributed by atoms with van der Waals surface area (Å²) in [4.78, 5) is 14.4. The summed E-state index contributed by atoms with van der Waals surface area (Å²) in [6.07, 6.45) is 1.53. The van der Waals surface area contributed by atoms with Gasteiger partial charge in [0.15, 0.2) is 9.84 Å². The number of benzene rings is 2. The quantitative estimate of drug-likeness (QED) is 0.808. The second-order valence-corrected chi connectivity index (χ2v) is 8.19. The molecular weight excluding hydrogens is 369 g/mol. The standard InChI is InChI=1S/C17H13Cl2NO3S/c18-13-3-1-12(2-4-13)17(21)20(15-7-5-14(19)6-8-15)16-9-10-24(22,23)11-16/h1-10,16H,11H2.